The van der Waals surface area contributed by atoms with Crippen LogP contribution in [0.2, 0.25) is 0 Å². The number of benzene rings is 2. The maximum absolute atomic E-state index is 12.1. The molecule has 1 aromatic heterocycles. The van der Waals surface area contributed by atoms with Crippen LogP contribution in [0.5, 0.6) is 0 Å². The van der Waals surface area contributed by atoms with Crippen molar-refractivity contribution in [3.8, 4) is 0 Å². The van der Waals surface area contributed by atoms with Crippen LogP contribution in [0.4, 0.5) is 5.69 Å². The van der Waals surface area contributed by atoms with E-state index in [0.29, 0.717) is 6.42 Å². The minimum absolute atomic E-state index is 0.0333. The molecule has 22 heavy (non-hydrogen) atoms. The second kappa shape index (κ2) is 6.62. The molecule has 3 rings (SSSR count). The van der Waals surface area contributed by atoms with E-state index in [2.05, 4.69) is 28.5 Å². The highest BCUT2D eigenvalue weighted by molar-refractivity contribution is 7.98. The first-order valence-electron chi connectivity index (χ1n) is 7.02. The number of thioether (sulfide) groups is 1. The molecule has 0 saturated carbocycles. The van der Waals surface area contributed by atoms with Gasteiger partial charge in [0.25, 0.3) is 0 Å². The summed E-state index contributed by atoms with van der Waals surface area (Å²) < 4.78 is 0. The Kier molecular flexibility index (Phi) is 4.39. The van der Waals surface area contributed by atoms with Gasteiger partial charge in [-0.3, -0.25) is 4.79 Å². The van der Waals surface area contributed by atoms with Crippen LogP contribution in [0.3, 0.4) is 0 Å². The molecule has 110 valence electrons. The van der Waals surface area contributed by atoms with Crippen molar-refractivity contribution in [1.82, 2.24) is 4.98 Å². The summed E-state index contributed by atoms with van der Waals surface area (Å²) in [4.78, 5) is 16.4. The standard InChI is InChI=1S/C18H16N2OS/c1-22-18-9-8-16(12-19-18)20-17(21)11-13-6-7-14-4-2-3-5-15(14)10-13/h2-10,12H,11H2,1H3,(H,20,21). The Hall–Kier alpha value is -2.33. The first-order chi connectivity index (χ1) is 10.7. The molecule has 0 atom stereocenters. The van der Waals surface area contributed by atoms with Crippen LogP contribution in [0.15, 0.2) is 65.8 Å². The summed E-state index contributed by atoms with van der Waals surface area (Å²) in [7, 11) is 0. The highest BCUT2D eigenvalue weighted by Gasteiger charge is 2.05. The molecule has 0 fully saturated rings. The van der Waals surface area contributed by atoms with E-state index in [9.17, 15) is 4.79 Å². The second-order valence-corrected chi connectivity index (χ2v) is 5.82. The van der Waals surface area contributed by atoms with Crippen LogP contribution in [0, 0.1) is 0 Å². The van der Waals surface area contributed by atoms with Gasteiger partial charge in [-0.2, -0.15) is 0 Å². The first kappa shape index (κ1) is 14.6. The topological polar surface area (TPSA) is 42.0 Å². The summed E-state index contributed by atoms with van der Waals surface area (Å²) in [5.41, 5.74) is 1.73. The number of fused-ring (bicyclic) bond motifs is 1. The fraction of sp³-hybridized carbons (Fsp3) is 0.111. The molecule has 0 aliphatic heterocycles. The van der Waals surface area contributed by atoms with Crippen LogP contribution < -0.4 is 5.32 Å². The minimum atomic E-state index is -0.0333. The van der Waals surface area contributed by atoms with Crippen molar-refractivity contribution in [2.45, 2.75) is 11.4 Å². The van der Waals surface area contributed by atoms with E-state index in [1.165, 1.54) is 5.39 Å². The molecule has 1 N–H and O–H groups in total. The van der Waals surface area contributed by atoms with Gasteiger partial charge in [-0.25, -0.2) is 4.98 Å². The number of carbonyl (C=O) groups excluding carboxylic acids is 1. The highest BCUT2D eigenvalue weighted by atomic mass is 32.2. The van der Waals surface area contributed by atoms with Crippen molar-refractivity contribution >= 4 is 34.1 Å². The van der Waals surface area contributed by atoms with Crippen molar-refractivity contribution in [3.63, 3.8) is 0 Å². The second-order valence-electron chi connectivity index (χ2n) is 5.00. The van der Waals surface area contributed by atoms with E-state index in [1.54, 1.807) is 18.0 Å². The Morgan fingerprint density at radius 3 is 2.64 bits per heavy atom. The van der Waals surface area contributed by atoms with E-state index in [0.717, 1.165) is 21.7 Å². The smallest absolute Gasteiger partial charge is 0.228 e. The van der Waals surface area contributed by atoms with Crippen LogP contribution in [-0.2, 0) is 11.2 Å². The number of hydrogen-bond acceptors (Lipinski definition) is 3. The number of aromatic nitrogens is 1. The van der Waals surface area contributed by atoms with Crippen molar-refractivity contribution < 1.29 is 4.79 Å². The maximum Gasteiger partial charge on any atom is 0.228 e. The van der Waals surface area contributed by atoms with E-state index < -0.39 is 0 Å². The lowest BCUT2D eigenvalue weighted by Gasteiger charge is -2.06. The molecule has 0 spiro atoms. The van der Waals surface area contributed by atoms with Gasteiger partial charge in [-0.05, 0) is 34.7 Å². The number of rotatable bonds is 4. The van der Waals surface area contributed by atoms with Crippen LogP contribution in [-0.4, -0.2) is 17.1 Å². The fourth-order valence-corrected chi connectivity index (χ4v) is 2.68. The monoisotopic (exact) mass is 308 g/mol. The first-order valence-corrected chi connectivity index (χ1v) is 8.24. The Labute approximate surface area is 133 Å². The summed E-state index contributed by atoms with van der Waals surface area (Å²) in [5.74, 6) is -0.0333. The molecule has 0 saturated heterocycles. The zero-order valence-electron chi connectivity index (χ0n) is 12.2. The van der Waals surface area contributed by atoms with Gasteiger partial charge in [-0.15, -0.1) is 11.8 Å². The number of carbonyl (C=O) groups is 1. The molecule has 0 radical (unpaired) electrons. The number of hydrogen-bond donors (Lipinski definition) is 1. The fourth-order valence-electron chi connectivity index (χ4n) is 2.31. The molecule has 3 nitrogen and oxygen atoms in total. The predicted molar refractivity (Wildman–Crippen MR) is 92.3 cm³/mol. The lowest BCUT2D eigenvalue weighted by molar-refractivity contribution is -0.115. The van der Waals surface area contributed by atoms with Crippen molar-refractivity contribution in [1.29, 1.82) is 0 Å². The van der Waals surface area contributed by atoms with Gasteiger partial charge in [0.2, 0.25) is 5.91 Å². The Bertz CT molecular complexity index is 800. The average Bonchev–Trinajstić information content (AvgIpc) is 2.55. The largest absolute Gasteiger partial charge is 0.324 e. The number of amides is 1. The van der Waals surface area contributed by atoms with Crippen molar-refractivity contribution in [2.24, 2.45) is 0 Å². The summed E-state index contributed by atoms with van der Waals surface area (Å²) in [6.07, 6.45) is 4.01. The average molecular weight is 308 g/mol. The molecule has 4 heteroatoms. The Morgan fingerprint density at radius 1 is 1.09 bits per heavy atom. The van der Waals surface area contributed by atoms with Gasteiger partial charge in [0, 0.05) is 0 Å². The van der Waals surface area contributed by atoms with Gasteiger partial charge in [0.1, 0.15) is 0 Å². The molecule has 0 aliphatic carbocycles. The molecule has 2 aromatic carbocycles. The zero-order chi connectivity index (χ0) is 15.4. The molecule has 0 aliphatic rings. The summed E-state index contributed by atoms with van der Waals surface area (Å²) >= 11 is 1.58. The number of nitrogens with one attached hydrogen (secondary N) is 1. The van der Waals surface area contributed by atoms with Crippen LogP contribution in [0.25, 0.3) is 10.8 Å². The molecule has 3 aromatic rings. The molecule has 0 unspecified atom stereocenters. The van der Waals surface area contributed by atoms with E-state index in [4.69, 9.17) is 0 Å². The zero-order valence-corrected chi connectivity index (χ0v) is 13.1. The summed E-state index contributed by atoms with van der Waals surface area (Å²) in [6, 6.07) is 18.0. The van der Waals surface area contributed by atoms with E-state index in [1.807, 2.05) is 42.7 Å². The Morgan fingerprint density at radius 2 is 1.91 bits per heavy atom. The maximum atomic E-state index is 12.1. The van der Waals surface area contributed by atoms with Crippen LogP contribution >= 0.6 is 11.8 Å². The van der Waals surface area contributed by atoms with Crippen LogP contribution in [0.1, 0.15) is 5.56 Å². The quantitative estimate of drug-likeness (QED) is 0.737. The van der Waals surface area contributed by atoms with Gasteiger partial charge >= 0.3 is 0 Å². The lowest BCUT2D eigenvalue weighted by atomic mass is 10.0. The van der Waals surface area contributed by atoms with Gasteiger partial charge < -0.3 is 5.32 Å². The molecular weight excluding hydrogens is 292 g/mol. The summed E-state index contributed by atoms with van der Waals surface area (Å²) in [6.45, 7) is 0. The number of nitrogens with zero attached hydrogens (tertiary/aromatic N) is 1. The lowest BCUT2D eigenvalue weighted by Crippen LogP contribution is -2.14. The number of pyridine rings is 1. The third kappa shape index (κ3) is 3.46. The van der Waals surface area contributed by atoms with Gasteiger partial charge in [0.05, 0.1) is 23.3 Å². The Balaban J connectivity index is 1.69. The van der Waals surface area contributed by atoms with Gasteiger partial charge in [-0.1, -0.05) is 42.5 Å². The third-order valence-electron chi connectivity index (χ3n) is 3.41. The molecule has 0 bridgehead atoms. The van der Waals surface area contributed by atoms with E-state index >= 15 is 0 Å². The SMILES string of the molecule is CSc1ccc(NC(=O)Cc2ccc3ccccc3c2)cn1. The molecule has 1 amide bonds. The van der Waals surface area contributed by atoms with Gasteiger partial charge in [0.15, 0.2) is 0 Å². The highest BCUT2D eigenvalue weighted by Crippen LogP contribution is 2.17. The normalized spacial score (nSPS) is 10.6. The number of anilines is 1. The predicted octanol–water partition coefficient (Wildman–Crippen LogP) is 4.14. The molecule has 1 heterocycles. The van der Waals surface area contributed by atoms with Crippen molar-refractivity contribution in [2.75, 3.05) is 11.6 Å². The molecular formula is C18H16N2OS. The third-order valence-corrected chi connectivity index (χ3v) is 4.07. The summed E-state index contributed by atoms with van der Waals surface area (Å²) in [5, 5.41) is 6.15. The van der Waals surface area contributed by atoms with Crippen molar-refractivity contribution in [3.05, 3.63) is 66.4 Å². The minimum Gasteiger partial charge on any atom is -0.324 e. The van der Waals surface area contributed by atoms with E-state index in [-0.39, 0.29) is 5.91 Å².